The Labute approximate surface area is 245 Å². The Morgan fingerprint density at radius 3 is 2.39 bits per heavy atom. The van der Waals surface area contributed by atoms with Gasteiger partial charge in [-0.1, -0.05) is 65.7 Å². The van der Waals surface area contributed by atoms with Crippen LogP contribution in [-0.2, 0) is 10.2 Å². The molecular formula is C33H21Cl2FN2O3. The summed E-state index contributed by atoms with van der Waals surface area (Å²) in [5.74, 6) is -2.93. The number of benzene rings is 4. The van der Waals surface area contributed by atoms with Gasteiger partial charge in [-0.05, 0) is 71.3 Å². The lowest BCUT2D eigenvalue weighted by atomic mass is 9.62. The van der Waals surface area contributed by atoms with E-state index in [0.717, 1.165) is 11.1 Å². The van der Waals surface area contributed by atoms with E-state index in [4.69, 9.17) is 23.2 Å². The van der Waals surface area contributed by atoms with Gasteiger partial charge in [0, 0.05) is 28.0 Å². The number of halogens is 3. The summed E-state index contributed by atoms with van der Waals surface area (Å²) in [5.41, 5.74) is 1.81. The van der Waals surface area contributed by atoms with Gasteiger partial charge in [0.05, 0.1) is 17.0 Å². The highest BCUT2D eigenvalue weighted by Crippen LogP contribution is 2.62. The first kappa shape index (κ1) is 25.7. The van der Waals surface area contributed by atoms with E-state index in [-0.39, 0.29) is 22.1 Å². The van der Waals surface area contributed by atoms with Gasteiger partial charge in [-0.25, -0.2) is 4.39 Å². The van der Waals surface area contributed by atoms with Gasteiger partial charge in [-0.15, -0.1) is 0 Å². The van der Waals surface area contributed by atoms with Crippen LogP contribution in [-0.4, -0.2) is 28.4 Å². The van der Waals surface area contributed by atoms with Gasteiger partial charge in [0.2, 0.25) is 5.91 Å². The lowest BCUT2D eigenvalue weighted by molar-refractivity contribution is -0.122. The number of fused-ring (bicyclic) bond motifs is 6. The van der Waals surface area contributed by atoms with Gasteiger partial charge in [-0.2, -0.15) is 0 Å². The van der Waals surface area contributed by atoms with Crippen LogP contribution in [0.2, 0.25) is 10.0 Å². The van der Waals surface area contributed by atoms with E-state index >= 15 is 0 Å². The molecule has 4 atom stereocenters. The van der Waals surface area contributed by atoms with E-state index in [2.05, 4.69) is 5.32 Å². The molecule has 0 bridgehead atoms. The highest BCUT2D eigenvalue weighted by molar-refractivity contribution is 6.37. The van der Waals surface area contributed by atoms with E-state index in [0.29, 0.717) is 16.3 Å². The quantitative estimate of drug-likeness (QED) is 0.260. The van der Waals surface area contributed by atoms with Gasteiger partial charge in [-0.3, -0.25) is 14.4 Å². The molecule has 3 aliphatic heterocycles. The molecule has 41 heavy (non-hydrogen) atoms. The van der Waals surface area contributed by atoms with Crippen molar-refractivity contribution in [2.24, 2.45) is 5.92 Å². The molecule has 0 radical (unpaired) electrons. The number of hydrogen-bond donors (Lipinski definition) is 1. The lowest BCUT2D eigenvalue weighted by Gasteiger charge is -2.38. The minimum Gasteiger partial charge on any atom is -0.358 e. The van der Waals surface area contributed by atoms with Crippen molar-refractivity contribution >= 4 is 52.4 Å². The Morgan fingerprint density at radius 1 is 0.878 bits per heavy atom. The molecule has 5 nitrogen and oxygen atoms in total. The summed E-state index contributed by atoms with van der Waals surface area (Å²) in [6, 6.07) is 22.9. The van der Waals surface area contributed by atoms with Crippen LogP contribution in [0.4, 0.5) is 10.1 Å². The number of carbonyl (C=O) groups is 3. The first-order valence-electron chi connectivity index (χ1n) is 13.1. The third kappa shape index (κ3) is 3.64. The van der Waals surface area contributed by atoms with Crippen molar-refractivity contribution in [3.63, 3.8) is 0 Å². The number of carbonyl (C=O) groups excluding carboxylic acids is 3. The Kier molecular flexibility index (Phi) is 5.89. The Morgan fingerprint density at radius 2 is 1.61 bits per heavy atom. The monoisotopic (exact) mass is 582 g/mol. The van der Waals surface area contributed by atoms with Crippen LogP contribution in [0.3, 0.4) is 0 Å². The number of amides is 1. The molecule has 0 saturated carbocycles. The molecule has 0 aliphatic carbocycles. The second-order valence-corrected chi connectivity index (χ2v) is 11.3. The number of nitrogens with one attached hydrogen (secondary N) is 1. The first-order valence-corrected chi connectivity index (χ1v) is 13.8. The Balaban J connectivity index is 1.54. The van der Waals surface area contributed by atoms with Gasteiger partial charge in [0.25, 0.3) is 0 Å². The van der Waals surface area contributed by atoms with Crippen molar-refractivity contribution in [1.82, 2.24) is 4.90 Å². The molecule has 1 fully saturated rings. The third-order valence-electron chi connectivity index (χ3n) is 8.45. The van der Waals surface area contributed by atoms with E-state index < -0.39 is 40.8 Å². The average Bonchev–Trinajstić information content (AvgIpc) is 3.45. The van der Waals surface area contributed by atoms with Crippen LogP contribution >= 0.6 is 23.2 Å². The van der Waals surface area contributed by atoms with Crippen LogP contribution in [0.25, 0.3) is 6.08 Å². The Hall–Kier alpha value is -4.26. The number of nitrogens with zero attached hydrogens (tertiary/aromatic N) is 1. The zero-order chi connectivity index (χ0) is 28.5. The van der Waals surface area contributed by atoms with Crippen molar-refractivity contribution in [3.8, 4) is 0 Å². The van der Waals surface area contributed by atoms with Gasteiger partial charge in [0.1, 0.15) is 17.3 Å². The fraction of sp³-hybridized carbons (Fsp3) is 0.121. The molecule has 7 rings (SSSR count). The summed E-state index contributed by atoms with van der Waals surface area (Å²) in [7, 11) is 0. The van der Waals surface area contributed by atoms with Crippen molar-refractivity contribution in [2.45, 2.75) is 17.5 Å². The van der Waals surface area contributed by atoms with Crippen LogP contribution in [0.1, 0.15) is 43.4 Å². The fourth-order valence-electron chi connectivity index (χ4n) is 6.81. The fourth-order valence-corrected chi connectivity index (χ4v) is 7.31. The van der Waals surface area contributed by atoms with Crippen molar-refractivity contribution in [2.75, 3.05) is 5.32 Å². The maximum Gasteiger partial charge on any atom is 0.238 e. The summed E-state index contributed by atoms with van der Waals surface area (Å²) in [6.45, 7) is 0. The van der Waals surface area contributed by atoms with Crippen LogP contribution in [0.5, 0.6) is 0 Å². The standard InChI is InChI=1S/C33H21Cl2FN2O3/c34-20-11-14-23(25(35)17-20)30(40)28-27(29(39)19-9-12-21(36)13-10-19)33(24-7-3-4-8-26(24)37-32(33)41)31-22-6-2-1-5-18(22)15-16-38(28)31/h1-17,27-28,31H,(H,37,41)/t27-,28+,31-,33+/m0/s1. The van der Waals surface area contributed by atoms with Crippen molar-refractivity contribution in [1.29, 1.82) is 0 Å². The molecule has 1 spiro atoms. The number of Topliss-reactive ketones (excluding diaryl/α,β-unsaturated/α-hetero) is 2. The molecule has 3 heterocycles. The molecule has 4 aromatic rings. The van der Waals surface area contributed by atoms with Gasteiger partial charge < -0.3 is 10.2 Å². The third-order valence-corrected chi connectivity index (χ3v) is 8.99. The topological polar surface area (TPSA) is 66.5 Å². The summed E-state index contributed by atoms with van der Waals surface area (Å²) in [5, 5.41) is 3.51. The zero-order valence-corrected chi connectivity index (χ0v) is 22.9. The van der Waals surface area contributed by atoms with E-state index in [1.165, 1.54) is 36.4 Å². The second kappa shape index (κ2) is 9.40. The molecule has 1 saturated heterocycles. The van der Waals surface area contributed by atoms with Gasteiger partial charge in [0.15, 0.2) is 11.6 Å². The molecule has 0 aromatic heterocycles. The molecule has 3 aliphatic rings. The minimum atomic E-state index is -1.48. The van der Waals surface area contributed by atoms with E-state index in [9.17, 15) is 18.8 Å². The first-order chi connectivity index (χ1) is 19.8. The molecule has 8 heteroatoms. The van der Waals surface area contributed by atoms with Crippen LogP contribution in [0, 0.1) is 11.7 Å². The zero-order valence-electron chi connectivity index (χ0n) is 21.4. The highest BCUT2D eigenvalue weighted by Gasteiger charge is 2.70. The van der Waals surface area contributed by atoms with E-state index in [1.807, 2.05) is 53.4 Å². The predicted molar refractivity (Wildman–Crippen MR) is 156 cm³/mol. The predicted octanol–water partition coefficient (Wildman–Crippen LogP) is 7.11. The maximum absolute atomic E-state index is 14.7. The van der Waals surface area contributed by atoms with E-state index in [1.54, 1.807) is 18.3 Å². The van der Waals surface area contributed by atoms with Gasteiger partial charge >= 0.3 is 0 Å². The summed E-state index contributed by atoms with van der Waals surface area (Å²) >= 11 is 12.7. The largest absolute Gasteiger partial charge is 0.358 e. The molecule has 4 aromatic carbocycles. The van der Waals surface area contributed by atoms with Crippen LogP contribution in [0.15, 0.2) is 97.2 Å². The minimum absolute atomic E-state index is 0.144. The van der Waals surface area contributed by atoms with Crippen molar-refractivity contribution in [3.05, 3.63) is 141 Å². The summed E-state index contributed by atoms with van der Waals surface area (Å²) in [6.07, 6.45) is 3.67. The number of rotatable bonds is 4. The number of hydrogen-bond acceptors (Lipinski definition) is 4. The number of para-hydroxylation sites is 1. The Bertz CT molecular complexity index is 1800. The second-order valence-electron chi connectivity index (χ2n) is 10.4. The smallest absolute Gasteiger partial charge is 0.238 e. The SMILES string of the molecule is O=C(c1ccc(F)cc1)[C@@H]1[C@H](C(=O)c2ccc(Cl)cc2Cl)N2C=Cc3ccccc3[C@H]2[C@]12C(=O)Nc1ccccc12. The molecular weight excluding hydrogens is 562 g/mol. The summed E-state index contributed by atoms with van der Waals surface area (Å²) in [4.78, 5) is 45.4. The number of ketones is 2. The molecule has 1 amide bonds. The lowest BCUT2D eigenvalue weighted by Crippen LogP contribution is -2.49. The molecule has 0 unspecified atom stereocenters. The molecule has 202 valence electrons. The highest BCUT2D eigenvalue weighted by atomic mass is 35.5. The normalized spacial score (nSPS) is 23.6. The maximum atomic E-state index is 14.7. The molecule has 1 N–H and O–H groups in total. The van der Waals surface area contributed by atoms with Crippen LogP contribution < -0.4 is 5.32 Å². The number of anilines is 1. The van der Waals surface area contributed by atoms with Crippen molar-refractivity contribution < 1.29 is 18.8 Å². The summed E-state index contributed by atoms with van der Waals surface area (Å²) < 4.78 is 13.9. The average molecular weight is 583 g/mol.